The average Bonchev–Trinajstić information content (AvgIpc) is 3.35. The number of ether oxygens (including phenoxy) is 3. The first kappa shape index (κ1) is 20.7. The number of benzene rings is 2. The summed E-state index contributed by atoms with van der Waals surface area (Å²) in [6.45, 7) is 2.98. The second kappa shape index (κ2) is 9.12. The molecule has 0 saturated carbocycles. The van der Waals surface area contributed by atoms with Crippen molar-refractivity contribution in [2.24, 2.45) is 0 Å². The Kier molecular flexibility index (Phi) is 5.90. The van der Waals surface area contributed by atoms with E-state index in [1.807, 2.05) is 42.5 Å². The molecule has 1 aromatic heterocycles. The Morgan fingerprint density at radius 1 is 1.00 bits per heavy atom. The van der Waals surface area contributed by atoms with Crippen LogP contribution in [0, 0.1) is 0 Å². The van der Waals surface area contributed by atoms with Crippen LogP contribution in [0.1, 0.15) is 22.5 Å². The van der Waals surface area contributed by atoms with Crippen LogP contribution in [0.4, 0.5) is 5.69 Å². The number of piperidine rings is 1. The minimum absolute atomic E-state index is 0.00157. The van der Waals surface area contributed by atoms with Crippen molar-refractivity contribution in [3.05, 3.63) is 59.5 Å². The highest BCUT2D eigenvalue weighted by Gasteiger charge is 2.22. The van der Waals surface area contributed by atoms with Gasteiger partial charge in [0.05, 0.1) is 12.0 Å². The Labute approximate surface area is 191 Å². The molecule has 7 heteroatoms. The Balaban J connectivity index is 1.18. The summed E-state index contributed by atoms with van der Waals surface area (Å²) in [7, 11) is 1.68. The van der Waals surface area contributed by atoms with Crippen molar-refractivity contribution in [3.63, 3.8) is 0 Å². The minimum Gasteiger partial charge on any atom is -0.497 e. The van der Waals surface area contributed by atoms with E-state index >= 15 is 0 Å². The fraction of sp³-hybridized carbons (Fsp3) is 0.320. The maximum Gasteiger partial charge on any atom is 0.261 e. The molecule has 0 bridgehead atoms. The van der Waals surface area contributed by atoms with Gasteiger partial charge in [-0.3, -0.25) is 4.79 Å². The van der Waals surface area contributed by atoms with Crippen molar-refractivity contribution in [1.82, 2.24) is 5.32 Å². The van der Waals surface area contributed by atoms with Gasteiger partial charge in [-0.25, -0.2) is 0 Å². The van der Waals surface area contributed by atoms with Crippen molar-refractivity contribution in [1.29, 1.82) is 0 Å². The van der Waals surface area contributed by atoms with Crippen LogP contribution < -0.4 is 24.4 Å². The van der Waals surface area contributed by atoms with Crippen LogP contribution in [0.2, 0.25) is 0 Å². The van der Waals surface area contributed by atoms with Gasteiger partial charge in [-0.15, -0.1) is 11.3 Å². The summed E-state index contributed by atoms with van der Waals surface area (Å²) in [6.07, 6.45) is 1.86. The van der Waals surface area contributed by atoms with E-state index in [-0.39, 0.29) is 11.9 Å². The van der Waals surface area contributed by atoms with Gasteiger partial charge in [-0.2, -0.15) is 0 Å². The molecule has 6 nitrogen and oxygen atoms in total. The molecule has 1 saturated heterocycles. The highest BCUT2D eigenvalue weighted by molar-refractivity contribution is 7.17. The molecule has 2 aliphatic rings. The predicted octanol–water partition coefficient (Wildman–Crippen LogP) is 4.59. The van der Waals surface area contributed by atoms with E-state index in [1.165, 1.54) is 17.0 Å². The van der Waals surface area contributed by atoms with E-state index in [2.05, 4.69) is 22.3 Å². The van der Waals surface area contributed by atoms with Crippen LogP contribution in [0.5, 0.6) is 17.2 Å². The Morgan fingerprint density at radius 3 is 2.50 bits per heavy atom. The van der Waals surface area contributed by atoms with Crippen LogP contribution in [-0.2, 0) is 0 Å². The number of rotatable bonds is 5. The van der Waals surface area contributed by atoms with Crippen molar-refractivity contribution >= 4 is 22.9 Å². The highest BCUT2D eigenvalue weighted by Crippen LogP contribution is 2.37. The van der Waals surface area contributed by atoms with Crippen molar-refractivity contribution in [2.45, 2.75) is 18.9 Å². The van der Waals surface area contributed by atoms with E-state index in [4.69, 9.17) is 14.2 Å². The second-order valence-electron chi connectivity index (χ2n) is 7.96. The highest BCUT2D eigenvalue weighted by atomic mass is 32.1. The largest absolute Gasteiger partial charge is 0.497 e. The molecular weight excluding hydrogens is 424 g/mol. The summed E-state index contributed by atoms with van der Waals surface area (Å²) >= 11 is 1.50. The minimum atomic E-state index is 0.00157. The lowest BCUT2D eigenvalue weighted by Gasteiger charge is -2.34. The Morgan fingerprint density at radius 2 is 1.75 bits per heavy atom. The lowest BCUT2D eigenvalue weighted by Crippen LogP contribution is -2.44. The number of hydrogen-bond donors (Lipinski definition) is 1. The van der Waals surface area contributed by atoms with Gasteiger partial charge in [-0.05, 0) is 73.0 Å². The number of hydrogen-bond acceptors (Lipinski definition) is 6. The molecule has 1 amide bonds. The summed E-state index contributed by atoms with van der Waals surface area (Å²) in [5, 5.41) is 3.22. The molecule has 2 aliphatic heterocycles. The molecule has 0 unspecified atom stereocenters. The number of thiophene rings is 1. The molecule has 1 N–H and O–H groups in total. The third-order valence-corrected chi connectivity index (χ3v) is 7.06. The van der Waals surface area contributed by atoms with Crippen molar-refractivity contribution in [2.75, 3.05) is 38.3 Å². The number of anilines is 1. The van der Waals surface area contributed by atoms with E-state index in [0.717, 1.165) is 58.5 Å². The third kappa shape index (κ3) is 4.39. The van der Waals surface area contributed by atoms with Gasteiger partial charge in [0.1, 0.15) is 19.0 Å². The van der Waals surface area contributed by atoms with E-state index in [1.54, 1.807) is 7.11 Å². The van der Waals surface area contributed by atoms with Gasteiger partial charge in [0.15, 0.2) is 11.5 Å². The van der Waals surface area contributed by atoms with Crippen LogP contribution in [0.25, 0.3) is 10.4 Å². The smallest absolute Gasteiger partial charge is 0.261 e. The fourth-order valence-corrected chi connectivity index (χ4v) is 5.05. The molecule has 0 aliphatic carbocycles. The molecule has 0 spiro atoms. The number of methoxy groups -OCH3 is 1. The maximum atomic E-state index is 12.8. The van der Waals surface area contributed by atoms with Gasteiger partial charge in [0.2, 0.25) is 0 Å². The molecule has 1 fully saturated rings. The summed E-state index contributed by atoms with van der Waals surface area (Å²) in [4.78, 5) is 17.0. The van der Waals surface area contributed by atoms with Crippen LogP contribution in [0.3, 0.4) is 0 Å². The Bertz CT molecular complexity index is 1090. The number of nitrogens with one attached hydrogen (secondary N) is 1. The van der Waals surface area contributed by atoms with Crippen LogP contribution in [0.15, 0.2) is 54.6 Å². The molecule has 0 atom stereocenters. The monoisotopic (exact) mass is 450 g/mol. The fourth-order valence-electron chi connectivity index (χ4n) is 4.14. The quantitative estimate of drug-likeness (QED) is 0.616. The lowest BCUT2D eigenvalue weighted by molar-refractivity contribution is 0.0935. The van der Waals surface area contributed by atoms with Gasteiger partial charge in [-0.1, -0.05) is 0 Å². The molecular formula is C25H26N2O4S. The standard InChI is InChI=1S/C25H26N2O4S/c1-29-20-5-3-19(4-6-20)27-12-10-18(11-13-27)26-25(28)24-9-8-23(32-24)17-2-7-21-22(16-17)31-15-14-30-21/h2-9,16,18H,10-15H2,1H3,(H,26,28). The summed E-state index contributed by atoms with van der Waals surface area (Å²) in [6, 6.07) is 18.2. The number of fused-ring (bicyclic) bond motifs is 1. The first-order chi connectivity index (χ1) is 15.7. The van der Waals surface area contributed by atoms with E-state index < -0.39 is 0 Å². The van der Waals surface area contributed by atoms with Crippen molar-refractivity contribution in [3.8, 4) is 27.7 Å². The number of carbonyl (C=O) groups excluding carboxylic acids is 1. The normalized spacial score (nSPS) is 16.0. The number of amides is 1. The zero-order chi connectivity index (χ0) is 21.9. The molecule has 3 aromatic rings. The summed E-state index contributed by atoms with van der Waals surface area (Å²) < 4.78 is 16.5. The van der Waals surface area contributed by atoms with Gasteiger partial charge >= 0.3 is 0 Å². The molecule has 2 aromatic carbocycles. The predicted molar refractivity (Wildman–Crippen MR) is 126 cm³/mol. The van der Waals surface area contributed by atoms with Gasteiger partial charge in [0.25, 0.3) is 5.91 Å². The molecule has 32 heavy (non-hydrogen) atoms. The molecule has 166 valence electrons. The average molecular weight is 451 g/mol. The Hall–Kier alpha value is -3.19. The van der Waals surface area contributed by atoms with Crippen LogP contribution >= 0.6 is 11.3 Å². The molecule has 5 rings (SSSR count). The van der Waals surface area contributed by atoms with Gasteiger partial charge < -0.3 is 24.4 Å². The van der Waals surface area contributed by atoms with Gasteiger partial charge in [0, 0.05) is 29.7 Å². The molecule has 0 radical (unpaired) electrons. The second-order valence-corrected chi connectivity index (χ2v) is 9.04. The lowest BCUT2D eigenvalue weighted by atomic mass is 10.0. The summed E-state index contributed by atoms with van der Waals surface area (Å²) in [5.41, 5.74) is 2.23. The third-order valence-electron chi connectivity index (χ3n) is 5.92. The number of carbonyl (C=O) groups is 1. The first-order valence-electron chi connectivity index (χ1n) is 10.9. The zero-order valence-corrected chi connectivity index (χ0v) is 18.8. The first-order valence-corrected chi connectivity index (χ1v) is 11.7. The number of nitrogens with zero attached hydrogens (tertiary/aromatic N) is 1. The zero-order valence-electron chi connectivity index (χ0n) is 18.0. The maximum absolute atomic E-state index is 12.8. The molecule has 3 heterocycles. The van der Waals surface area contributed by atoms with Crippen LogP contribution in [-0.4, -0.2) is 45.4 Å². The topological polar surface area (TPSA) is 60.0 Å². The summed E-state index contributed by atoms with van der Waals surface area (Å²) in [5.74, 6) is 2.40. The van der Waals surface area contributed by atoms with Crippen molar-refractivity contribution < 1.29 is 19.0 Å². The van der Waals surface area contributed by atoms with E-state index in [0.29, 0.717) is 13.2 Å². The van der Waals surface area contributed by atoms with E-state index in [9.17, 15) is 4.79 Å². The SMILES string of the molecule is COc1ccc(N2CCC(NC(=O)c3ccc(-c4ccc5c(c4)OCCO5)s3)CC2)cc1.